The van der Waals surface area contributed by atoms with Gasteiger partial charge in [0, 0.05) is 38.8 Å². The van der Waals surface area contributed by atoms with E-state index in [2.05, 4.69) is 5.32 Å². The summed E-state index contributed by atoms with van der Waals surface area (Å²) in [7, 11) is 1.59. The smallest absolute Gasteiger partial charge is 0.318 e. The molecule has 0 bridgehead atoms. The predicted octanol–water partition coefficient (Wildman–Crippen LogP) is -0.576. The van der Waals surface area contributed by atoms with E-state index in [1.54, 1.807) is 12.0 Å². The number of rotatable bonds is 8. The molecule has 142 valence electrons. The highest BCUT2D eigenvalue weighted by Crippen LogP contribution is 2.25. The van der Waals surface area contributed by atoms with Crippen LogP contribution in [0.3, 0.4) is 0 Å². The molecule has 2 aliphatic rings. The second-order valence-electron chi connectivity index (χ2n) is 6.52. The first-order valence-corrected chi connectivity index (χ1v) is 8.72. The van der Waals surface area contributed by atoms with Gasteiger partial charge >= 0.3 is 12.0 Å². The van der Waals surface area contributed by atoms with Gasteiger partial charge in [-0.1, -0.05) is 6.92 Å². The van der Waals surface area contributed by atoms with E-state index < -0.39 is 5.97 Å². The monoisotopic (exact) mass is 356 g/mol. The Bertz CT molecular complexity index is 495. The molecule has 25 heavy (non-hydrogen) atoms. The van der Waals surface area contributed by atoms with E-state index in [0.29, 0.717) is 32.8 Å². The zero-order chi connectivity index (χ0) is 18.4. The number of aliphatic carboxylic acids is 1. The van der Waals surface area contributed by atoms with Crippen molar-refractivity contribution in [2.45, 2.75) is 31.8 Å². The predicted molar refractivity (Wildman–Crippen MR) is 90.3 cm³/mol. The standard InChI is InChI=1S/C16H28N4O5/c1-3-18(11-15(22)23)13-8-12(9-13)17-16(24)20-5-4-19(6-7-25-2)14(21)10-20/h12-13H,3-11H2,1-2H3,(H,17,24)(H,22,23). The molecule has 0 spiro atoms. The number of likely N-dealkylation sites (N-methyl/N-ethyl adjacent to an activating group) is 1. The number of hydrogen-bond acceptors (Lipinski definition) is 5. The fourth-order valence-electron chi connectivity index (χ4n) is 3.26. The Labute approximate surface area is 147 Å². The average molecular weight is 356 g/mol. The van der Waals surface area contributed by atoms with Gasteiger partial charge in [-0.2, -0.15) is 0 Å². The van der Waals surface area contributed by atoms with Gasteiger partial charge in [-0.25, -0.2) is 4.79 Å². The van der Waals surface area contributed by atoms with Crippen molar-refractivity contribution in [3.63, 3.8) is 0 Å². The Balaban J connectivity index is 1.72. The second-order valence-corrected chi connectivity index (χ2v) is 6.52. The van der Waals surface area contributed by atoms with E-state index in [4.69, 9.17) is 9.84 Å². The first kappa shape index (κ1) is 19.5. The molecule has 2 N–H and O–H groups in total. The number of piperazine rings is 1. The zero-order valence-corrected chi connectivity index (χ0v) is 14.9. The number of hydrogen-bond donors (Lipinski definition) is 2. The van der Waals surface area contributed by atoms with Crippen LogP contribution in [-0.2, 0) is 14.3 Å². The summed E-state index contributed by atoms with van der Waals surface area (Å²) >= 11 is 0. The van der Waals surface area contributed by atoms with Crippen molar-refractivity contribution in [3.05, 3.63) is 0 Å². The molecular weight excluding hydrogens is 328 g/mol. The lowest BCUT2D eigenvalue weighted by atomic mass is 9.85. The molecule has 2 fully saturated rings. The second kappa shape index (κ2) is 9.00. The van der Waals surface area contributed by atoms with Crippen molar-refractivity contribution in [2.75, 3.05) is 53.0 Å². The molecule has 1 aliphatic carbocycles. The number of urea groups is 1. The van der Waals surface area contributed by atoms with Crippen LogP contribution >= 0.6 is 0 Å². The summed E-state index contributed by atoms with van der Waals surface area (Å²) in [6, 6.07) is 0.0189. The van der Waals surface area contributed by atoms with E-state index >= 15 is 0 Å². The molecule has 9 heteroatoms. The third-order valence-electron chi connectivity index (χ3n) is 4.87. The normalized spacial score (nSPS) is 23.6. The average Bonchev–Trinajstić information content (AvgIpc) is 2.54. The van der Waals surface area contributed by atoms with Gasteiger partial charge in [0.05, 0.1) is 13.2 Å². The Morgan fingerprint density at radius 3 is 2.64 bits per heavy atom. The molecule has 2 rings (SSSR count). The number of carboxylic acids is 1. The topological polar surface area (TPSA) is 102 Å². The molecule has 0 aromatic rings. The molecule has 1 heterocycles. The number of methoxy groups -OCH3 is 1. The maximum Gasteiger partial charge on any atom is 0.318 e. The maximum atomic E-state index is 12.3. The lowest BCUT2D eigenvalue weighted by Gasteiger charge is -2.43. The van der Waals surface area contributed by atoms with Crippen LogP contribution in [-0.4, -0.2) is 103 Å². The van der Waals surface area contributed by atoms with Crippen molar-refractivity contribution < 1.29 is 24.2 Å². The van der Waals surface area contributed by atoms with Crippen LogP contribution in [0.2, 0.25) is 0 Å². The van der Waals surface area contributed by atoms with E-state index in [1.165, 1.54) is 4.90 Å². The summed E-state index contributed by atoms with van der Waals surface area (Å²) in [6.07, 6.45) is 1.49. The molecular formula is C16H28N4O5. The summed E-state index contributed by atoms with van der Waals surface area (Å²) in [5.74, 6) is -0.900. The molecule has 3 amide bonds. The third kappa shape index (κ3) is 5.30. The Morgan fingerprint density at radius 1 is 1.36 bits per heavy atom. The van der Waals surface area contributed by atoms with Crippen molar-refractivity contribution in [3.8, 4) is 0 Å². The number of carbonyl (C=O) groups excluding carboxylic acids is 2. The minimum atomic E-state index is -0.834. The van der Waals surface area contributed by atoms with Crippen LogP contribution in [0.25, 0.3) is 0 Å². The number of ether oxygens (including phenoxy) is 1. The summed E-state index contributed by atoms with van der Waals surface area (Å²) in [4.78, 5) is 40.3. The Kier molecular flexibility index (Phi) is 7.01. The molecule has 0 aromatic heterocycles. The zero-order valence-electron chi connectivity index (χ0n) is 14.9. The fourth-order valence-corrected chi connectivity index (χ4v) is 3.26. The highest BCUT2D eigenvalue weighted by molar-refractivity contribution is 5.85. The van der Waals surface area contributed by atoms with Gasteiger partial charge in [0.15, 0.2) is 0 Å². The number of carbonyl (C=O) groups is 3. The molecule has 0 unspecified atom stereocenters. The van der Waals surface area contributed by atoms with Crippen LogP contribution in [0.4, 0.5) is 4.79 Å². The summed E-state index contributed by atoms with van der Waals surface area (Å²) in [5.41, 5.74) is 0. The van der Waals surface area contributed by atoms with E-state index in [1.807, 2.05) is 11.8 Å². The minimum Gasteiger partial charge on any atom is -0.480 e. The van der Waals surface area contributed by atoms with Gasteiger partial charge in [-0.3, -0.25) is 14.5 Å². The van der Waals surface area contributed by atoms with E-state index in [0.717, 1.165) is 12.8 Å². The van der Waals surface area contributed by atoms with Crippen molar-refractivity contribution in [1.82, 2.24) is 20.0 Å². The van der Waals surface area contributed by atoms with Crippen molar-refractivity contribution in [2.24, 2.45) is 0 Å². The van der Waals surface area contributed by atoms with Crippen LogP contribution in [0.15, 0.2) is 0 Å². The number of amides is 3. The quantitative estimate of drug-likeness (QED) is 0.604. The number of nitrogens with zero attached hydrogens (tertiary/aromatic N) is 3. The molecule has 0 atom stereocenters. The van der Waals surface area contributed by atoms with E-state index in [9.17, 15) is 14.4 Å². The van der Waals surface area contributed by atoms with Gasteiger partial charge in [-0.05, 0) is 19.4 Å². The van der Waals surface area contributed by atoms with Gasteiger partial charge in [0.2, 0.25) is 5.91 Å². The van der Waals surface area contributed by atoms with Crippen molar-refractivity contribution >= 4 is 17.9 Å². The van der Waals surface area contributed by atoms with Crippen LogP contribution in [0.5, 0.6) is 0 Å². The Hall–Kier alpha value is -1.87. The van der Waals surface area contributed by atoms with Gasteiger partial charge in [0.25, 0.3) is 0 Å². The van der Waals surface area contributed by atoms with Gasteiger partial charge in [0.1, 0.15) is 6.54 Å². The van der Waals surface area contributed by atoms with Gasteiger partial charge < -0.3 is 25.0 Å². The largest absolute Gasteiger partial charge is 0.480 e. The van der Waals surface area contributed by atoms with E-state index in [-0.39, 0.29) is 37.1 Å². The van der Waals surface area contributed by atoms with Gasteiger partial charge in [-0.15, -0.1) is 0 Å². The minimum absolute atomic E-state index is 0.0275. The molecule has 1 aliphatic heterocycles. The Morgan fingerprint density at radius 2 is 2.08 bits per heavy atom. The fraction of sp³-hybridized carbons (Fsp3) is 0.812. The first-order chi connectivity index (χ1) is 11.9. The summed E-state index contributed by atoms with van der Waals surface area (Å²) < 4.78 is 4.98. The summed E-state index contributed by atoms with van der Waals surface area (Å²) in [5, 5.41) is 11.8. The molecule has 0 radical (unpaired) electrons. The maximum absolute atomic E-state index is 12.3. The van der Waals surface area contributed by atoms with Crippen LogP contribution in [0.1, 0.15) is 19.8 Å². The number of nitrogens with one attached hydrogen (secondary N) is 1. The molecule has 9 nitrogen and oxygen atoms in total. The number of carboxylic acid groups (broad SMARTS) is 1. The molecule has 1 saturated carbocycles. The van der Waals surface area contributed by atoms with Crippen molar-refractivity contribution in [1.29, 1.82) is 0 Å². The van der Waals surface area contributed by atoms with Crippen LogP contribution < -0.4 is 5.32 Å². The SMILES string of the molecule is CCN(CC(=O)O)C1CC(NC(=O)N2CCN(CCOC)C(=O)C2)C1. The molecule has 0 aromatic carbocycles. The first-order valence-electron chi connectivity index (χ1n) is 8.72. The summed E-state index contributed by atoms with van der Waals surface area (Å²) in [6.45, 7) is 4.80. The third-order valence-corrected chi connectivity index (χ3v) is 4.87. The molecule has 1 saturated heterocycles. The van der Waals surface area contributed by atoms with Crippen LogP contribution in [0, 0.1) is 0 Å². The highest BCUT2D eigenvalue weighted by Gasteiger charge is 2.36. The lowest BCUT2D eigenvalue weighted by Crippen LogP contribution is -2.60. The highest BCUT2D eigenvalue weighted by atomic mass is 16.5. The lowest BCUT2D eigenvalue weighted by molar-refractivity contribution is -0.139.